The molecule has 3 N–H and O–H groups in total. The molecular formula is C36H49ClN6O9S. The van der Waals surface area contributed by atoms with E-state index in [9.17, 15) is 27.6 Å². The highest BCUT2D eigenvalue weighted by atomic mass is 35.5. The maximum absolute atomic E-state index is 14.5. The van der Waals surface area contributed by atoms with Crippen LogP contribution in [0.5, 0.6) is 5.88 Å². The predicted octanol–water partition coefficient (Wildman–Crippen LogP) is 4.30. The lowest BCUT2D eigenvalue weighted by atomic mass is 9.85. The molecule has 0 spiro atoms. The van der Waals surface area contributed by atoms with Crippen LogP contribution in [0.25, 0.3) is 11.4 Å². The van der Waals surface area contributed by atoms with E-state index in [0.717, 1.165) is 0 Å². The number of nitrogens with zero attached hydrogens (tertiary/aromatic N) is 3. The van der Waals surface area contributed by atoms with Crippen LogP contribution >= 0.6 is 11.6 Å². The van der Waals surface area contributed by atoms with Gasteiger partial charge in [0, 0.05) is 18.1 Å². The zero-order valence-corrected chi connectivity index (χ0v) is 32.9. The number of carbonyl (C=O) groups excluding carboxylic acids is 4. The van der Waals surface area contributed by atoms with Gasteiger partial charge in [0.2, 0.25) is 17.7 Å². The van der Waals surface area contributed by atoms with E-state index < -0.39 is 74.5 Å². The van der Waals surface area contributed by atoms with Crippen molar-refractivity contribution >= 4 is 45.7 Å². The van der Waals surface area contributed by atoms with Crippen LogP contribution in [-0.2, 0) is 33.6 Å². The van der Waals surface area contributed by atoms with Gasteiger partial charge in [-0.05, 0) is 58.3 Å². The van der Waals surface area contributed by atoms with Crippen LogP contribution in [0, 0.1) is 11.3 Å². The Balaban J connectivity index is 1.42. The Morgan fingerprint density at radius 3 is 2.28 bits per heavy atom. The van der Waals surface area contributed by atoms with Crippen molar-refractivity contribution in [1.29, 1.82) is 0 Å². The van der Waals surface area contributed by atoms with Crippen molar-refractivity contribution in [2.75, 3.05) is 6.54 Å². The van der Waals surface area contributed by atoms with Gasteiger partial charge in [-0.15, -0.1) is 0 Å². The van der Waals surface area contributed by atoms with Gasteiger partial charge in [0.25, 0.3) is 5.91 Å². The molecule has 2 saturated carbocycles. The first-order valence-corrected chi connectivity index (χ1v) is 19.5. The van der Waals surface area contributed by atoms with Crippen LogP contribution in [0.1, 0.15) is 87.5 Å². The second-order valence-corrected chi connectivity index (χ2v) is 18.0. The van der Waals surface area contributed by atoms with Crippen LogP contribution in [0.4, 0.5) is 4.79 Å². The monoisotopic (exact) mass is 776 g/mol. The number of likely N-dealkylation sites (tertiary alicyclic amines) is 1. The second kappa shape index (κ2) is 14.7. The molecule has 5 rings (SSSR count). The lowest BCUT2D eigenvalue weighted by Crippen LogP contribution is -2.60. The minimum absolute atomic E-state index is 0.0303. The molecule has 0 bridgehead atoms. The fourth-order valence-electron chi connectivity index (χ4n) is 6.32. The van der Waals surface area contributed by atoms with E-state index in [1.807, 2.05) is 42.0 Å². The number of hydrogen-bond donors (Lipinski definition) is 3. The summed E-state index contributed by atoms with van der Waals surface area (Å²) in [6.07, 6.45) is 0.0806. The molecule has 0 unspecified atom stereocenters. The molecule has 15 nitrogen and oxygen atoms in total. The Kier molecular flexibility index (Phi) is 11.1. The Hall–Kier alpha value is -4.02. The molecule has 2 aromatic rings. The van der Waals surface area contributed by atoms with E-state index >= 15 is 0 Å². The quantitative estimate of drug-likeness (QED) is 0.260. The summed E-state index contributed by atoms with van der Waals surface area (Å²) >= 11 is 6.35. The number of aromatic nitrogens is 2. The third-order valence-electron chi connectivity index (χ3n) is 9.45. The molecule has 1 aliphatic heterocycles. The van der Waals surface area contributed by atoms with Crippen LogP contribution in [0.2, 0.25) is 5.15 Å². The molecule has 1 aromatic heterocycles. The van der Waals surface area contributed by atoms with Gasteiger partial charge in [0.1, 0.15) is 34.5 Å². The molecule has 3 aliphatic rings. The van der Waals surface area contributed by atoms with Gasteiger partial charge in [-0.3, -0.25) is 14.4 Å². The smallest absolute Gasteiger partial charge is 0.408 e. The molecule has 2 aliphatic carbocycles. The highest BCUT2D eigenvalue weighted by Gasteiger charge is 2.62. The first-order chi connectivity index (χ1) is 24.5. The topological polar surface area (TPSA) is 195 Å². The van der Waals surface area contributed by atoms with Crippen LogP contribution in [-0.4, -0.2) is 88.6 Å². The summed E-state index contributed by atoms with van der Waals surface area (Å²) in [7, 11) is -4.46. The average molecular weight is 777 g/mol. The van der Waals surface area contributed by atoms with Crippen LogP contribution < -0.4 is 20.1 Å². The summed E-state index contributed by atoms with van der Waals surface area (Å²) in [6.45, 7) is 13.7. The molecule has 290 valence electrons. The number of hydrogen-bond acceptors (Lipinski definition) is 11. The Morgan fingerprint density at radius 1 is 1.06 bits per heavy atom. The minimum atomic E-state index is -4.46. The fourth-order valence-corrected chi connectivity index (χ4v) is 7.64. The molecule has 53 heavy (non-hydrogen) atoms. The highest BCUT2D eigenvalue weighted by molar-refractivity contribution is 7.85. The number of alkyl carbamates (subject to hydrolysis) is 1. The first-order valence-electron chi connectivity index (χ1n) is 17.7. The standard InChI is InChI=1S/C36H49ClN6O9S/c1-9-22-19-36(22,31(46)42-53(48,49)52-35(8)15-16-35)41-29(44)24-17-23(50-26-18-25(37)38-28(39-26)21-13-11-10-12-14-21)20-43(24)30(45)27(33(2,3)4)40-32(47)51-34(5,6)7/h10-14,18,22-24,27H,9,15-17,19-20H2,1-8H3,(H,40,47)(H,41,44)(H,42,46)/t22-,23-,24+,27-,36-/m1/s1. The average Bonchev–Trinajstić information content (AvgIpc) is 3.90. The van der Waals surface area contributed by atoms with E-state index in [1.165, 1.54) is 11.0 Å². The summed E-state index contributed by atoms with van der Waals surface area (Å²) < 4.78 is 44.4. The summed E-state index contributed by atoms with van der Waals surface area (Å²) in [5.74, 6) is -2.15. The van der Waals surface area contributed by atoms with Gasteiger partial charge in [-0.25, -0.2) is 18.7 Å². The molecule has 4 amide bonds. The zero-order valence-electron chi connectivity index (χ0n) is 31.3. The second-order valence-electron chi connectivity index (χ2n) is 16.3. The number of amides is 4. The van der Waals surface area contributed by atoms with Crippen molar-refractivity contribution < 1.29 is 41.3 Å². The van der Waals surface area contributed by atoms with Crippen molar-refractivity contribution in [2.45, 2.75) is 122 Å². The molecule has 0 radical (unpaired) electrons. The van der Waals surface area contributed by atoms with Gasteiger partial charge < -0.3 is 25.0 Å². The molecular weight excluding hydrogens is 728 g/mol. The lowest BCUT2D eigenvalue weighted by molar-refractivity contribution is -0.143. The van der Waals surface area contributed by atoms with Crippen LogP contribution in [0.3, 0.4) is 0 Å². The van der Waals surface area contributed by atoms with E-state index in [-0.39, 0.29) is 36.3 Å². The number of benzene rings is 1. The largest absolute Gasteiger partial charge is 0.472 e. The Morgan fingerprint density at radius 2 is 1.72 bits per heavy atom. The van der Waals surface area contributed by atoms with Gasteiger partial charge >= 0.3 is 16.4 Å². The molecule has 1 aromatic carbocycles. The van der Waals surface area contributed by atoms with Crippen molar-refractivity contribution in [2.24, 2.45) is 11.3 Å². The molecule has 3 fully saturated rings. The normalized spacial score (nSPS) is 24.1. The van der Waals surface area contributed by atoms with E-state index in [1.54, 1.807) is 48.5 Å². The third kappa shape index (κ3) is 9.95. The van der Waals surface area contributed by atoms with E-state index in [4.69, 9.17) is 25.3 Å². The van der Waals surface area contributed by atoms with Gasteiger partial charge in [0.15, 0.2) is 5.82 Å². The highest BCUT2D eigenvalue weighted by Crippen LogP contribution is 2.47. The molecule has 17 heteroatoms. The fraction of sp³-hybridized carbons (Fsp3) is 0.611. The zero-order chi connectivity index (χ0) is 39.1. The van der Waals surface area contributed by atoms with Crippen molar-refractivity contribution in [3.63, 3.8) is 0 Å². The van der Waals surface area contributed by atoms with Crippen molar-refractivity contribution in [3.05, 3.63) is 41.6 Å². The molecule has 2 heterocycles. The minimum Gasteiger partial charge on any atom is -0.472 e. The predicted molar refractivity (Wildman–Crippen MR) is 195 cm³/mol. The number of nitrogens with one attached hydrogen (secondary N) is 3. The Labute approximate surface area is 315 Å². The summed E-state index contributed by atoms with van der Waals surface area (Å²) in [4.78, 5) is 65.4. The number of rotatable bonds is 12. The number of ether oxygens (including phenoxy) is 2. The number of halogens is 1. The van der Waals surface area contributed by atoms with E-state index in [2.05, 4.69) is 20.6 Å². The first kappa shape index (κ1) is 40.2. The maximum Gasteiger partial charge on any atom is 0.408 e. The Bertz CT molecular complexity index is 1850. The summed E-state index contributed by atoms with van der Waals surface area (Å²) in [5, 5.41) is 5.59. The van der Waals surface area contributed by atoms with E-state index in [0.29, 0.717) is 30.7 Å². The maximum atomic E-state index is 14.5. The summed E-state index contributed by atoms with van der Waals surface area (Å²) in [5.41, 5.74) is -3.41. The third-order valence-corrected chi connectivity index (χ3v) is 10.7. The SMILES string of the molecule is CC[C@@H]1C[C@]1(NC(=O)[C@@H]1C[C@@H](Oc2cc(Cl)nc(-c3ccccc3)n2)CN1C(=O)[C@@H](NC(=O)OC(C)(C)C)C(C)(C)C)C(=O)NS(=O)(=O)OC1(C)CC1. The van der Waals surface area contributed by atoms with Gasteiger partial charge in [-0.2, -0.15) is 13.4 Å². The molecule has 1 saturated heterocycles. The van der Waals surface area contributed by atoms with Gasteiger partial charge in [-0.1, -0.05) is 76.0 Å². The lowest BCUT2D eigenvalue weighted by Gasteiger charge is -2.36. The number of carbonyl (C=O) groups is 4. The van der Waals surface area contributed by atoms with Crippen molar-refractivity contribution in [3.8, 4) is 17.3 Å². The van der Waals surface area contributed by atoms with Crippen molar-refractivity contribution in [1.82, 2.24) is 30.2 Å². The molecule has 5 atom stereocenters. The van der Waals surface area contributed by atoms with Gasteiger partial charge in [0.05, 0.1) is 12.1 Å². The van der Waals surface area contributed by atoms with Crippen LogP contribution in [0.15, 0.2) is 36.4 Å². The summed E-state index contributed by atoms with van der Waals surface area (Å²) in [6, 6.07) is 8.22.